The van der Waals surface area contributed by atoms with E-state index in [1.807, 2.05) is 20.8 Å². The van der Waals surface area contributed by atoms with Crippen LogP contribution < -0.4 is 16.4 Å². The predicted molar refractivity (Wildman–Crippen MR) is 93.1 cm³/mol. The summed E-state index contributed by atoms with van der Waals surface area (Å²) in [7, 11) is 1.64. The van der Waals surface area contributed by atoms with Gasteiger partial charge in [-0.2, -0.15) is 0 Å². The van der Waals surface area contributed by atoms with Gasteiger partial charge in [0.1, 0.15) is 6.04 Å². The largest absolute Gasteiger partial charge is 0.480 e. The third-order valence-electron chi connectivity index (χ3n) is 3.77. The Morgan fingerprint density at radius 2 is 1.83 bits per heavy atom. The van der Waals surface area contributed by atoms with Gasteiger partial charge in [0.05, 0.1) is 6.04 Å². The van der Waals surface area contributed by atoms with Crippen LogP contribution in [0.1, 0.15) is 52.9 Å². The smallest absolute Gasteiger partial charge is 0.320 e. The van der Waals surface area contributed by atoms with Crippen LogP contribution in [0.15, 0.2) is 12.3 Å². The fourth-order valence-corrected chi connectivity index (χ4v) is 2.24. The molecule has 0 bridgehead atoms. The molecule has 0 saturated heterocycles. The molecule has 0 radical (unpaired) electrons. The molecule has 2 atom stereocenters. The number of Topliss-reactive ketones (excluding diaryl/α,β-unsaturated/α-hetero) is 1. The van der Waals surface area contributed by atoms with E-state index in [1.165, 1.54) is 0 Å². The summed E-state index contributed by atoms with van der Waals surface area (Å²) < 4.78 is 0. The highest BCUT2D eigenvalue weighted by Gasteiger charge is 2.26. The van der Waals surface area contributed by atoms with E-state index >= 15 is 0 Å². The van der Waals surface area contributed by atoms with Crippen molar-refractivity contribution in [1.29, 1.82) is 0 Å². The minimum absolute atomic E-state index is 0.0987. The Morgan fingerprint density at radius 3 is 2.30 bits per heavy atom. The number of aliphatic carboxylic acids is 1. The van der Waals surface area contributed by atoms with E-state index in [4.69, 9.17) is 10.8 Å². The second kappa shape index (κ2) is 10.4. The van der Waals surface area contributed by atoms with Crippen LogP contribution in [-0.2, 0) is 9.59 Å². The van der Waals surface area contributed by atoms with Crippen LogP contribution in [0, 0.1) is 5.41 Å². The molecule has 0 aromatic carbocycles. The van der Waals surface area contributed by atoms with E-state index in [2.05, 4.69) is 17.2 Å². The van der Waals surface area contributed by atoms with Crippen molar-refractivity contribution in [1.82, 2.24) is 10.6 Å². The van der Waals surface area contributed by atoms with Gasteiger partial charge in [0.2, 0.25) is 0 Å². The van der Waals surface area contributed by atoms with Gasteiger partial charge in [-0.15, -0.1) is 0 Å². The quantitative estimate of drug-likeness (QED) is 0.406. The van der Waals surface area contributed by atoms with Crippen molar-refractivity contribution in [2.24, 2.45) is 11.1 Å². The van der Waals surface area contributed by atoms with Crippen LogP contribution in [0.3, 0.4) is 0 Å². The summed E-state index contributed by atoms with van der Waals surface area (Å²) in [5.74, 6) is -0.751. The number of carbonyl (C=O) groups is 2. The number of rotatable bonds is 12. The number of allylic oxidation sites excluding steroid dienone is 1. The predicted octanol–water partition coefficient (Wildman–Crippen LogP) is 1.66. The molecule has 0 aliphatic rings. The molecule has 23 heavy (non-hydrogen) atoms. The molecule has 0 amide bonds. The summed E-state index contributed by atoms with van der Waals surface area (Å²) in [5, 5.41) is 14.9. The van der Waals surface area contributed by atoms with E-state index in [-0.39, 0.29) is 11.2 Å². The number of carboxylic acids is 1. The standard InChI is InChI=1S/C17H33N3O3/c1-12(9-10-14(19-5)16(22)23)20-11-7-6-8-13(18)15(21)17(2,3)4/h13-14,19-20H,1,6-11,18H2,2-5H3,(H,22,23). The number of hydrogen-bond donors (Lipinski definition) is 4. The van der Waals surface area contributed by atoms with E-state index in [0.29, 0.717) is 19.3 Å². The maximum Gasteiger partial charge on any atom is 0.320 e. The van der Waals surface area contributed by atoms with Gasteiger partial charge in [0.25, 0.3) is 0 Å². The first-order chi connectivity index (χ1) is 10.6. The highest BCUT2D eigenvalue weighted by atomic mass is 16.4. The SMILES string of the molecule is C=C(CCC(NC)C(=O)O)NCCCCC(N)C(=O)C(C)(C)C. The molecule has 0 aliphatic carbocycles. The van der Waals surface area contributed by atoms with Crippen molar-refractivity contribution < 1.29 is 14.7 Å². The van der Waals surface area contributed by atoms with Crippen LogP contribution >= 0.6 is 0 Å². The summed E-state index contributed by atoms with van der Waals surface area (Å²) in [4.78, 5) is 22.8. The summed E-state index contributed by atoms with van der Waals surface area (Å²) >= 11 is 0. The van der Waals surface area contributed by atoms with Gasteiger partial charge in [-0.1, -0.05) is 27.4 Å². The first kappa shape index (κ1) is 21.6. The second-order valence-electron chi connectivity index (χ2n) is 6.97. The van der Waals surface area contributed by atoms with Crippen molar-refractivity contribution in [3.8, 4) is 0 Å². The number of likely N-dealkylation sites (N-methyl/N-ethyl adjacent to an activating group) is 1. The molecule has 0 aliphatic heterocycles. The molecule has 6 heteroatoms. The zero-order valence-electron chi connectivity index (χ0n) is 14.9. The van der Waals surface area contributed by atoms with Crippen molar-refractivity contribution in [2.45, 2.75) is 65.0 Å². The monoisotopic (exact) mass is 327 g/mol. The zero-order chi connectivity index (χ0) is 18.0. The van der Waals surface area contributed by atoms with Crippen LogP contribution in [0.25, 0.3) is 0 Å². The number of carboxylic acid groups (broad SMARTS) is 1. The summed E-state index contributed by atoms with van der Waals surface area (Å²) in [6.07, 6.45) is 3.57. The lowest BCUT2D eigenvalue weighted by atomic mass is 9.85. The Balaban J connectivity index is 3.82. The Morgan fingerprint density at radius 1 is 1.22 bits per heavy atom. The van der Waals surface area contributed by atoms with Gasteiger partial charge < -0.3 is 21.5 Å². The highest BCUT2D eigenvalue weighted by molar-refractivity contribution is 5.88. The number of carbonyl (C=O) groups excluding carboxylic acids is 1. The molecule has 2 unspecified atom stereocenters. The van der Waals surface area contributed by atoms with Crippen LogP contribution in [0.2, 0.25) is 0 Å². The molecule has 0 spiro atoms. The van der Waals surface area contributed by atoms with Gasteiger partial charge in [0.15, 0.2) is 5.78 Å². The third kappa shape index (κ3) is 9.36. The van der Waals surface area contributed by atoms with E-state index in [1.54, 1.807) is 7.05 Å². The van der Waals surface area contributed by atoms with Crippen molar-refractivity contribution in [2.75, 3.05) is 13.6 Å². The Labute approximate surface area is 139 Å². The van der Waals surface area contributed by atoms with Crippen LogP contribution in [0.4, 0.5) is 0 Å². The molecule has 6 nitrogen and oxygen atoms in total. The summed E-state index contributed by atoms with van der Waals surface area (Å²) in [6, 6.07) is -0.944. The van der Waals surface area contributed by atoms with Gasteiger partial charge in [-0.3, -0.25) is 9.59 Å². The van der Waals surface area contributed by atoms with E-state index in [9.17, 15) is 9.59 Å². The maximum atomic E-state index is 12.0. The number of unbranched alkanes of at least 4 members (excludes halogenated alkanes) is 1. The van der Waals surface area contributed by atoms with Crippen molar-refractivity contribution in [3.63, 3.8) is 0 Å². The van der Waals surface area contributed by atoms with Crippen molar-refractivity contribution in [3.05, 3.63) is 12.3 Å². The summed E-state index contributed by atoms with van der Waals surface area (Å²) in [6.45, 7) is 10.3. The number of hydrogen-bond acceptors (Lipinski definition) is 5. The molecular formula is C17H33N3O3. The normalized spacial score (nSPS) is 14.1. The van der Waals surface area contributed by atoms with Crippen molar-refractivity contribution >= 4 is 11.8 Å². The Bertz CT molecular complexity index is 402. The maximum absolute atomic E-state index is 12.0. The minimum Gasteiger partial charge on any atom is -0.480 e. The highest BCUT2D eigenvalue weighted by Crippen LogP contribution is 2.18. The van der Waals surface area contributed by atoms with Gasteiger partial charge in [0, 0.05) is 17.7 Å². The molecule has 0 fully saturated rings. The molecule has 0 saturated carbocycles. The Hall–Kier alpha value is -1.40. The Kier molecular flexibility index (Phi) is 9.76. The van der Waals surface area contributed by atoms with Crippen LogP contribution in [0.5, 0.6) is 0 Å². The second-order valence-corrected chi connectivity index (χ2v) is 6.97. The number of nitrogens with two attached hydrogens (primary N) is 1. The average Bonchev–Trinajstić information content (AvgIpc) is 2.45. The molecule has 0 aromatic heterocycles. The fraction of sp³-hybridized carbons (Fsp3) is 0.765. The average molecular weight is 327 g/mol. The molecule has 0 heterocycles. The first-order valence-electron chi connectivity index (χ1n) is 8.21. The molecule has 0 rings (SSSR count). The lowest BCUT2D eigenvalue weighted by Gasteiger charge is -2.21. The lowest BCUT2D eigenvalue weighted by molar-refractivity contribution is -0.139. The molecule has 5 N–H and O–H groups in total. The molecule has 0 aromatic rings. The van der Waals surface area contributed by atoms with Crippen LogP contribution in [-0.4, -0.2) is 42.5 Å². The number of nitrogens with one attached hydrogen (secondary N) is 2. The fourth-order valence-electron chi connectivity index (χ4n) is 2.24. The lowest BCUT2D eigenvalue weighted by Crippen LogP contribution is -2.38. The topological polar surface area (TPSA) is 104 Å². The number of ketones is 1. The summed E-state index contributed by atoms with van der Waals surface area (Å²) in [5.41, 5.74) is 6.37. The van der Waals surface area contributed by atoms with E-state index < -0.39 is 18.1 Å². The van der Waals surface area contributed by atoms with Gasteiger partial charge in [-0.25, -0.2) is 0 Å². The first-order valence-corrected chi connectivity index (χ1v) is 8.21. The van der Waals surface area contributed by atoms with Gasteiger partial charge >= 0.3 is 5.97 Å². The zero-order valence-corrected chi connectivity index (χ0v) is 14.9. The van der Waals surface area contributed by atoms with E-state index in [0.717, 1.165) is 25.1 Å². The van der Waals surface area contributed by atoms with Gasteiger partial charge in [-0.05, 0) is 39.2 Å². The molecular weight excluding hydrogens is 294 g/mol. The third-order valence-corrected chi connectivity index (χ3v) is 3.77. The molecule has 134 valence electrons. The minimum atomic E-state index is -0.849.